The molecule has 5 nitrogen and oxygen atoms in total. The SMILES string of the molecule is CC(C)(C)[Si](C)(C)OCC[C@@H](NC(=O)Cc1ccccc1)C(=O)O. The van der Waals surface area contributed by atoms with E-state index in [-0.39, 0.29) is 23.8 Å². The Morgan fingerprint density at radius 3 is 2.29 bits per heavy atom. The van der Waals surface area contributed by atoms with Gasteiger partial charge in [-0.25, -0.2) is 4.79 Å². The predicted molar refractivity (Wildman–Crippen MR) is 97.5 cm³/mol. The van der Waals surface area contributed by atoms with Crippen LogP contribution in [0.1, 0.15) is 32.8 Å². The van der Waals surface area contributed by atoms with Gasteiger partial charge in [-0.1, -0.05) is 51.1 Å². The topological polar surface area (TPSA) is 75.6 Å². The van der Waals surface area contributed by atoms with Crippen LogP contribution in [0.5, 0.6) is 0 Å². The van der Waals surface area contributed by atoms with Crippen LogP contribution >= 0.6 is 0 Å². The molecule has 24 heavy (non-hydrogen) atoms. The quantitative estimate of drug-likeness (QED) is 0.705. The lowest BCUT2D eigenvalue weighted by molar-refractivity contribution is -0.142. The van der Waals surface area contributed by atoms with Crippen molar-refractivity contribution in [2.45, 2.75) is 57.8 Å². The van der Waals surface area contributed by atoms with Crippen LogP contribution in [-0.2, 0) is 20.4 Å². The van der Waals surface area contributed by atoms with Gasteiger partial charge in [-0.15, -0.1) is 0 Å². The number of carboxylic acid groups (broad SMARTS) is 1. The lowest BCUT2D eigenvalue weighted by Crippen LogP contribution is -2.45. The van der Waals surface area contributed by atoms with Crippen molar-refractivity contribution in [3.63, 3.8) is 0 Å². The highest BCUT2D eigenvalue weighted by Crippen LogP contribution is 2.36. The first-order valence-electron chi connectivity index (χ1n) is 8.23. The molecule has 0 bridgehead atoms. The van der Waals surface area contributed by atoms with Crippen molar-refractivity contribution >= 4 is 20.2 Å². The summed E-state index contributed by atoms with van der Waals surface area (Å²) in [5.41, 5.74) is 0.858. The van der Waals surface area contributed by atoms with Crippen molar-refractivity contribution in [3.8, 4) is 0 Å². The number of hydrogen-bond donors (Lipinski definition) is 2. The van der Waals surface area contributed by atoms with Crippen LogP contribution < -0.4 is 5.32 Å². The third kappa shape index (κ3) is 6.45. The van der Waals surface area contributed by atoms with Gasteiger partial charge in [0.2, 0.25) is 5.91 Å². The van der Waals surface area contributed by atoms with Crippen LogP contribution in [-0.4, -0.2) is 37.9 Å². The van der Waals surface area contributed by atoms with E-state index < -0.39 is 20.3 Å². The molecule has 0 spiro atoms. The molecular weight excluding hydrogens is 322 g/mol. The first-order chi connectivity index (χ1) is 11.0. The summed E-state index contributed by atoms with van der Waals surface area (Å²) >= 11 is 0. The molecule has 0 aliphatic carbocycles. The normalized spacial score (nSPS) is 13.4. The van der Waals surface area contributed by atoms with Crippen LogP contribution in [0.4, 0.5) is 0 Å². The second-order valence-electron chi connectivity index (χ2n) is 7.52. The fourth-order valence-electron chi connectivity index (χ4n) is 1.93. The molecule has 0 heterocycles. The zero-order valence-electron chi connectivity index (χ0n) is 15.3. The highest BCUT2D eigenvalue weighted by Gasteiger charge is 2.37. The highest BCUT2D eigenvalue weighted by molar-refractivity contribution is 6.74. The molecule has 0 unspecified atom stereocenters. The van der Waals surface area contributed by atoms with Crippen molar-refractivity contribution in [1.82, 2.24) is 5.32 Å². The summed E-state index contributed by atoms with van der Waals surface area (Å²) in [4.78, 5) is 23.4. The van der Waals surface area contributed by atoms with Gasteiger partial charge < -0.3 is 14.8 Å². The van der Waals surface area contributed by atoms with E-state index in [1.165, 1.54) is 0 Å². The fraction of sp³-hybridized carbons (Fsp3) is 0.556. The summed E-state index contributed by atoms with van der Waals surface area (Å²) in [6.45, 7) is 11.0. The van der Waals surface area contributed by atoms with Crippen LogP contribution in [0.25, 0.3) is 0 Å². The summed E-state index contributed by atoms with van der Waals surface area (Å²) in [7, 11) is -1.91. The number of benzene rings is 1. The first-order valence-corrected chi connectivity index (χ1v) is 11.1. The largest absolute Gasteiger partial charge is 0.480 e. The maximum absolute atomic E-state index is 12.0. The average molecular weight is 352 g/mol. The Morgan fingerprint density at radius 1 is 1.21 bits per heavy atom. The smallest absolute Gasteiger partial charge is 0.326 e. The highest BCUT2D eigenvalue weighted by atomic mass is 28.4. The molecule has 0 saturated heterocycles. The van der Waals surface area contributed by atoms with Crippen molar-refractivity contribution in [1.29, 1.82) is 0 Å². The molecule has 1 rings (SSSR count). The number of carbonyl (C=O) groups is 2. The number of amides is 1. The summed E-state index contributed by atoms with van der Waals surface area (Å²) in [5, 5.41) is 12.0. The molecule has 6 heteroatoms. The maximum Gasteiger partial charge on any atom is 0.326 e. The Hall–Kier alpha value is -1.66. The van der Waals surface area contributed by atoms with Gasteiger partial charge in [0.1, 0.15) is 6.04 Å². The van der Waals surface area contributed by atoms with Gasteiger partial charge in [-0.3, -0.25) is 4.79 Å². The van der Waals surface area contributed by atoms with E-state index in [0.29, 0.717) is 6.61 Å². The van der Waals surface area contributed by atoms with Gasteiger partial charge in [0.05, 0.1) is 6.42 Å². The third-order valence-corrected chi connectivity index (χ3v) is 9.05. The summed E-state index contributed by atoms with van der Waals surface area (Å²) in [6.07, 6.45) is 0.441. The van der Waals surface area contributed by atoms with Crippen LogP contribution in [0.3, 0.4) is 0 Å². The molecule has 1 atom stereocenters. The number of carboxylic acids is 1. The first kappa shape index (κ1) is 20.4. The van der Waals surface area contributed by atoms with E-state index in [1.807, 2.05) is 30.3 Å². The molecule has 1 aromatic rings. The number of rotatable bonds is 8. The zero-order chi connectivity index (χ0) is 18.4. The van der Waals surface area contributed by atoms with Crippen LogP contribution in [0.15, 0.2) is 30.3 Å². The number of hydrogen-bond acceptors (Lipinski definition) is 3. The lowest BCUT2D eigenvalue weighted by Gasteiger charge is -2.36. The van der Waals surface area contributed by atoms with Gasteiger partial charge in [-0.2, -0.15) is 0 Å². The second-order valence-corrected chi connectivity index (χ2v) is 12.3. The average Bonchev–Trinajstić information content (AvgIpc) is 2.45. The van der Waals surface area contributed by atoms with Gasteiger partial charge in [0.25, 0.3) is 0 Å². The van der Waals surface area contributed by atoms with Crippen molar-refractivity contribution in [2.24, 2.45) is 0 Å². The van der Waals surface area contributed by atoms with Gasteiger partial charge in [0.15, 0.2) is 8.32 Å². The zero-order valence-corrected chi connectivity index (χ0v) is 16.3. The number of carbonyl (C=O) groups excluding carboxylic acids is 1. The summed E-state index contributed by atoms with van der Waals surface area (Å²) < 4.78 is 6.00. The molecule has 1 amide bonds. The Kier molecular flexibility index (Phi) is 7.17. The molecule has 0 fully saturated rings. The van der Waals surface area contributed by atoms with Crippen LogP contribution in [0, 0.1) is 0 Å². The molecule has 0 aliphatic heterocycles. The van der Waals surface area contributed by atoms with Crippen molar-refractivity contribution in [2.75, 3.05) is 6.61 Å². The van der Waals surface area contributed by atoms with Gasteiger partial charge in [0, 0.05) is 13.0 Å². The Morgan fingerprint density at radius 2 is 1.79 bits per heavy atom. The van der Waals surface area contributed by atoms with Gasteiger partial charge >= 0.3 is 5.97 Å². The fourth-order valence-corrected chi connectivity index (χ4v) is 2.99. The standard InChI is InChI=1S/C18H29NO4Si/c1-18(2,3)24(4,5)23-12-11-15(17(21)22)19-16(20)13-14-9-7-6-8-10-14/h6-10,15H,11-13H2,1-5H3,(H,19,20)(H,21,22)/t15-/m1/s1. The minimum Gasteiger partial charge on any atom is -0.480 e. The molecule has 134 valence electrons. The van der Waals surface area contributed by atoms with Crippen molar-refractivity contribution in [3.05, 3.63) is 35.9 Å². The van der Waals surface area contributed by atoms with Crippen molar-refractivity contribution < 1.29 is 19.1 Å². The second kappa shape index (κ2) is 8.44. The summed E-state index contributed by atoms with van der Waals surface area (Å²) in [6, 6.07) is 8.34. The molecular formula is C18H29NO4Si. The Balaban J connectivity index is 2.53. The Bertz CT molecular complexity index is 552. The Labute approximate surface area is 145 Å². The van der Waals surface area contributed by atoms with E-state index in [4.69, 9.17) is 4.43 Å². The minimum atomic E-state index is -1.91. The predicted octanol–water partition coefficient (Wildman–Crippen LogP) is 3.21. The number of aliphatic carboxylic acids is 1. The molecule has 0 aromatic heterocycles. The van der Waals surface area contributed by atoms with E-state index in [2.05, 4.69) is 39.2 Å². The van der Waals surface area contributed by atoms with E-state index >= 15 is 0 Å². The molecule has 0 aliphatic rings. The van der Waals surface area contributed by atoms with Crippen LogP contribution in [0.2, 0.25) is 18.1 Å². The minimum absolute atomic E-state index is 0.0717. The maximum atomic E-state index is 12.0. The van der Waals surface area contributed by atoms with E-state index in [1.54, 1.807) is 0 Å². The third-order valence-electron chi connectivity index (χ3n) is 4.52. The lowest BCUT2D eigenvalue weighted by atomic mass is 10.1. The molecule has 2 N–H and O–H groups in total. The van der Waals surface area contributed by atoms with E-state index in [9.17, 15) is 14.7 Å². The van der Waals surface area contributed by atoms with Gasteiger partial charge in [-0.05, 0) is 23.7 Å². The molecule has 1 aromatic carbocycles. The van der Waals surface area contributed by atoms with E-state index in [0.717, 1.165) is 5.56 Å². The molecule has 0 radical (unpaired) electrons. The number of nitrogens with one attached hydrogen (secondary N) is 1. The molecule has 0 saturated carbocycles. The summed E-state index contributed by atoms with van der Waals surface area (Å²) in [5.74, 6) is -1.32. The monoisotopic (exact) mass is 351 g/mol.